The molecule has 7 nitrogen and oxygen atoms in total. The van der Waals surface area contributed by atoms with Gasteiger partial charge in [0.05, 0.1) is 23.8 Å². The Morgan fingerprint density at radius 1 is 1.41 bits per heavy atom. The average molecular weight is 450 g/mol. The number of amides is 1. The summed E-state index contributed by atoms with van der Waals surface area (Å²) in [6.07, 6.45) is 0.373. The van der Waals surface area contributed by atoms with Gasteiger partial charge in [-0.25, -0.2) is 4.68 Å². The number of pyridine rings is 1. The van der Waals surface area contributed by atoms with Gasteiger partial charge in [-0.1, -0.05) is 16.8 Å². The molecule has 2 aromatic heterocycles. The lowest BCUT2D eigenvalue weighted by Gasteiger charge is -2.20. The molecule has 0 spiro atoms. The van der Waals surface area contributed by atoms with Crippen LogP contribution in [-0.4, -0.2) is 57.2 Å². The zero-order valence-electron chi connectivity index (χ0n) is 15.7. The second-order valence-corrected chi connectivity index (χ2v) is 6.92. The number of aromatic nitrogens is 3. The van der Waals surface area contributed by atoms with E-state index in [0.717, 1.165) is 0 Å². The highest BCUT2D eigenvalue weighted by Gasteiger charge is 2.29. The van der Waals surface area contributed by atoms with Crippen LogP contribution < -0.4 is 4.90 Å². The van der Waals surface area contributed by atoms with Crippen LogP contribution in [0.3, 0.4) is 0 Å². The third-order valence-electron chi connectivity index (χ3n) is 3.47. The lowest BCUT2D eigenvalue weighted by molar-refractivity contribution is -0.112. The van der Waals surface area contributed by atoms with Crippen molar-refractivity contribution >= 4 is 40.7 Å². The van der Waals surface area contributed by atoms with Crippen LogP contribution in [0.25, 0.3) is 5.69 Å². The van der Waals surface area contributed by atoms with E-state index < -0.39 is 17.8 Å². The second kappa shape index (κ2) is 10.5. The summed E-state index contributed by atoms with van der Waals surface area (Å²) < 4.78 is 38.8. The fourth-order valence-electron chi connectivity index (χ4n) is 2.26. The summed E-state index contributed by atoms with van der Waals surface area (Å²) in [6, 6.07) is 3.48. The Morgan fingerprint density at radius 3 is 2.76 bits per heavy atom. The molecule has 0 bridgehead atoms. The molecule has 29 heavy (non-hydrogen) atoms. The number of halogens is 4. The first kappa shape index (κ1) is 23.0. The van der Waals surface area contributed by atoms with Crippen LogP contribution in [0.5, 0.6) is 0 Å². The quantitative estimate of drug-likeness (QED) is 0.428. The maximum atomic E-state index is 12.9. The predicted molar refractivity (Wildman–Crippen MR) is 107 cm³/mol. The Balaban J connectivity index is 2.25. The van der Waals surface area contributed by atoms with E-state index in [1.54, 1.807) is 44.6 Å². The number of anilines is 1. The normalized spacial score (nSPS) is 12.1. The highest BCUT2D eigenvalue weighted by atomic mass is 35.5. The van der Waals surface area contributed by atoms with Crippen molar-refractivity contribution in [2.45, 2.75) is 20.0 Å². The summed E-state index contributed by atoms with van der Waals surface area (Å²) in [4.78, 5) is 23.2. The van der Waals surface area contributed by atoms with Crippen LogP contribution in [0, 0.1) is 0 Å². The van der Waals surface area contributed by atoms with E-state index in [9.17, 15) is 18.0 Å². The van der Waals surface area contributed by atoms with Gasteiger partial charge < -0.3 is 9.74 Å². The van der Waals surface area contributed by atoms with Gasteiger partial charge in [0, 0.05) is 18.5 Å². The molecule has 2 aromatic rings. The number of rotatable bonds is 9. The average Bonchev–Trinajstić information content (AvgIpc) is 3.06. The highest BCUT2D eigenvalue weighted by molar-refractivity contribution is 8.00. The SMILES string of the molecule is CCO/N=C(\CSCC(F)(F)F)C(=O)N(CC)c1cn(-c2cccnc2)nc1Cl. The Labute approximate surface area is 174 Å². The van der Waals surface area contributed by atoms with Gasteiger partial charge in [-0.2, -0.15) is 18.3 Å². The number of hydrogen-bond donors (Lipinski definition) is 0. The summed E-state index contributed by atoms with van der Waals surface area (Å²) in [5, 5.41) is 7.94. The van der Waals surface area contributed by atoms with E-state index >= 15 is 0 Å². The molecule has 0 aliphatic carbocycles. The summed E-state index contributed by atoms with van der Waals surface area (Å²) in [5.74, 6) is -1.97. The van der Waals surface area contributed by atoms with E-state index in [-0.39, 0.29) is 29.8 Å². The van der Waals surface area contributed by atoms with Gasteiger partial charge in [-0.3, -0.25) is 9.78 Å². The van der Waals surface area contributed by atoms with E-state index in [1.807, 2.05) is 0 Å². The molecule has 0 saturated carbocycles. The number of oxime groups is 1. The van der Waals surface area contributed by atoms with Crippen LogP contribution in [0.1, 0.15) is 13.8 Å². The number of carbonyl (C=O) groups is 1. The van der Waals surface area contributed by atoms with Gasteiger partial charge in [0.25, 0.3) is 5.91 Å². The minimum Gasteiger partial charge on any atom is -0.396 e. The number of hydrogen-bond acceptors (Lipinski definition) is 6. The van der Waals surface area contributed by atoms with Crippen molar-refractivity contribution in [2.24, 2.45) is 5.16 Å². The van der Waals surface area contributed by atoms with Gasteiger partial charge in [-0.15, -0.1) is 11.8 Å². The Hall–Kier alpha value is -2.27. The standard InChI is InChI=1S/C17H19ClF3N5O2S/c1-3-25(14-9-26(23-15(14)18)12-6-5-7-22-8-12)16(27)13(24-28-4-2)10-29-11-17(19,20)21/h5-9H,3-4,10-11H2,1-2H3/b24-13+. The highest BCUT2D eigenvalue weighted by Crippen LogP contribution is 2.27. The van der Waals surface area contributed by atoms with Gasteiger partial charge >= 0.3 is 6.18 Å². The summed E-state index contributed by atoms with van der Waals surface area (Å²) >= 11 is 6.75. The van der Waals surface area contributed by atoms with Gasteiger partial charge in [0.1, 0.15) is 12.3 Å². The molecular weight excluding hydrogens is 431 g/mol. The Morgan fingerprint density at radius 2 is 2.17 bits per heavy atom. The van der Waals surface area contributed by atoms with E-state index in [0.29, 0.717) is 23.1 Å². The van der Waals surface area contributed by atoms with Crippen molar-refractivity contribution < 1.29 is 22.8 Å². The number of alkyl halides is 3. The molecule has 0 aliphatic heterocycles. The van der Waals surface area contributed by atoms with Crippen molar-refractivity contribution in [1.29, 1.82) is 0 Å². The summed E-state index contributed by atoms with van der Waals surface area (Å²) in [7, 11) is 0. The molecule has 0 aliphatic rings. The van der Waals surface area contributed by atoms with Crippen molar-refractivity contribution in [3.63, 3.8) is 0 Å². The smallest absolute Gasteiger partial charge is 0.396 e. The molecule has 158 valence electrons. The maximum Gasteiger partial charge on any atom is 0.397 e. The Kier molecular flexibility index (Phi) is 8.32. The number of nitrogens with zero attached hydrogens (tertiary/aromatic N) is 5. The third kappa shape index (κ3) is 6.64. The molecule has 2 heterocycles. The third-order valence-corrected chi connectivity index (χ3v) is 4.75. The van der Waals surface area contributed by atoms with Crippen molar-refractivity contribution in [2.75, 3.05) is 29.6 Å². The lowest BCUT2D eigenvalue weighted by atomic mass is 10.3. The fourth-order valence-corrected chi connectivity index (χ4v) is 3.19. The van der Waals surface area contributed by atoms with Crippen LogP contribution in [0.2, 0.25) is 5.15 Å². The summed E-state index contributed by atoms with van der Waals surface area (Å²) in [6.45, 7) is 3.73. The predicted octanol–water partition coefficient (Wildman–Crippen LogP) is 3.96. The van der Waals surface area contributed by atoms with E-state index in [2.05, 4.69) is 15.2 Å². The second-order valence-electron chi connectivity index (χ2n) is 5.57. The van der Waals surface area contributed by atoms with Crippen LogP contribution in [0.4, 0.5) is 18.9 Å². The maximum absolute atomic E-state index is 12.9. The molecule has 0 fully saturated rings. The molecule has 2 rings (SSSR count). The van der Waals surface area contributed by atoms with Gasteiger partial charge in [0.2, 0.25) is 0 Å². The van der Waals surface area contributed by atoms with Crippen LogP contribution in [-0.2, 0) is 9.63 Å². The molecule has 1 amide bonds. The topological polar surface area (TPSA) is 72.6 Å². The zero-order valence-corrected chi connectivity index (χ0v) is 17.3. The fraction of sp³-hybridized carbons (Fsp3) is 0.412. The number of carbonyl (C=O) groups excluding carboxylic acids is 1. The van der Waals surface area contributed by atoms with E-state index in [1.165, 1.54) is 9.58 Å². The Bertz CT molecular complexity index is 845. The van der Waals surface area contributed by atoms with Gasteiger partial charge in [-0.05, 0) is 26.0 Å². The molecule has 0 radical (unpaired) electrons. The van der Waals surface area contributed by atoms with Crippen LogP contribution in [0.15, 0.2) is 35.9 Å². The first-order chi connectivity index (χ1) is 13.8. The molecular formula is C17H19ClF3N5O2S. The first-order valence-electron chi connectivity index (χ1n) is 8.57. The molecule has 0 atom stereocenters. The minimum atomic E-state index is -4.34. The van der Waals surface area contributed by atoms with Crippen molar-refractivity contribution in [3.8, 4) is 5.69 Å². The molecule has 0 saturated heterocycles. The largest absolute Gasteiger partial charge is 0.397 e. The van der Waals surface area contributed by atoms with Crippen molar-refractivity contribution in [1.82, 2.24) is 14.8 Å². The molecule has 12 heteroatoms. The zero-order chi connectivity index (χ0) is 21.4. The van der Waals surface area contributed by atoms with Crippen LogP contribution >= 0.6 is 23.4 Å². The first-order valence-corrected chi connectivity index (χ1v) is 10.1. The summed E-state index contributed by atoms with van der Waals surface area (Å²) in [5.41, 5.74) is 0.786. The van der Waals surface area contributed by atoms with Crippen molar-refractivity contribution in [3.05, 3.63) is 35.9 Å². The lowest BCUT2D eigenvalue weighted by Crippen LogP contribution is -2.38. The molecule has 0 unspecified atom stereocenters. The molecule has 0 aromatic carbocycles. The monoisotopic (exact) mass is 449 g/mol. The molecule has 0 N–H and O–H groups in total. The van der Waals surface area contributed by atoms with E-state index in [4.69, 9.17) is 16.4 Å². The van der Waals surface area contributed by atoms with Gasteiger partial charge in [0.15, 0.2) is 10.9 Å². The number of thioether (sulfide) groups is 1. The minimum absolute atomic E-state index is 0.0581.